The summed E-state index contributed by atoms with van der Waals surface area (Å²) in [7, 11) is 2.42. The second kappa shape index (κ2) is 4.35. The summed E-state index contributed by atoms with van der Waals surface area (Å²) in [6, 6.07) is 0.973. The molecule has 0 unspecified atom stereocenters. The number of hydrogen-bond donors (Lipinski definition) is 1. The van der Waals surface area contributed by atoms with Crippen molar-refractivity contribution >= 4 is 17.6 Å². The summed E-state index contributed by atoms with van der Waals surface area (Å²) in [4.78, 5) is 10.8. The minimum absolute atomic E-state index is 0.188. The molecule has 0 radical (unpaired) electrons. The molecular formula is C9H8ClFO4. The van der Waals surface area contributed by atoms with Crippen LogP contribution in [0.2, 0.25) is 5.02 Å². The van der Waals surface area contributed by atoms with Gasteiger partial charge in [0.2, 0.25) is 0 Å². The van der Waals surface area contributed by atoms with Gasteiger partial charge in [-0.3, -0.25) is 0 Å². The lowest BCUT2D eigenvalue weighted by molar-refractivity contribution is 0.0692. The number of methoxy groups -OCH3 is 2. The van der Waals surface area contributed by atoms with Gasteiger partial charge in [-0.1, -0.05) is 11.6 Å². The van der Waals surface area contributed by atoms with E-state index in [0.717, 1.165) is 6.07 Å². The third-order valence-electron chi connectivity index (χ3n) is 1.77. The third kappa shape index (κ3) is 1.97. The van der Waals surface area contributed by atoms with Crippen molar-refractivity contribution in [1.82, 2.24) is 0 Å². The van der Waals surface area contributed by atoms with Crippen LogP contribution in [0, 0.1) is 5.82 Å². The Balaban J connectivity index is 3.54. The first kappa shape index (κ1) is 11.6. The molecule has 0 spiro atoms. The number of rotatable bonds is 3. The maximum absolute atomic E-state index is 13.4. The highest BCUT2D eigenvalue weighted by Crippen LogP contribution is 2.37. The van der Waals surface area contributed by atoms with Crippen LogP contribution in [0.5, 0.6) is 11.5 Å². The molecule has 0 heterocycles. The molecule has 1 rings (SSSR count). The fourth-order valence-corrected chi connectivity index (χ4v) is 1.32. The van der Waals surface area contributed by atoms with Crippen LogP contribution in [0.1, 0.15) is 10.4 Å². The number of carbonyl (C=O) groups is 1. The number of carboxylic acids is 1. The fourth-order valence-electron chi connectivity index (χ4n) is 1.13. The first-order chi connectivity index (χ1) is 7.02. The summed E-state index contributed by atoms with van der Waals surface area (Å²) in [5.41, 5.74) is -0.249. The molecule has 0 saturated carbocycles. The second-order valence-electron chi connectivity index (χ2n) is 2.59. The topological polar surface area (TPSA) is 55.8 Å². The normalized spacial score (nSPS) is 9.87. The Morgan fingerprint density at radius 3 is 2.33 bits per heavy atom. The van der Waals surface area contributed by atoms with E-state index in [-0.39, 0.29) is 22.1 Å². The molecule has 0 bridgehead atoms. The van der Waals surface area contributed by atoms with E-state index in [1.807, 2.05) is 0 Å². The molecule has 0 aliphatic rings. The first-order valence-corrected chi connectivity index (χ1v) is 4.24. The molecule has 0 aliphatic carbocycles. The predicted octanol–water partition coefficient (Wildman–Crippen LogP) is 2.19. The van der Waals surface area contributed by atoms with Crippen LogP contribution in [0.3, 0.4) is 0 Å². The molecule has 1 aromatic carbocycles. The van der Waals surface area contributed by atoms with E-state index in [1.165, 1.54) is 14.2 Å². The molecule has 6 heteroatoms. The van der Waals surface area contributed by atoms with Crippen LogP contribution in [0.25, 0.3) is 0 Å². The van der Waals surface area contributed by atoms with Gasteiger partial charge >= 0.3 is 5.97 Å². The van der Waals surface area contributed by atoms with Crippen molar-refractivity contribution in [2.24, 2.45) is 0 Å². The van der Waals surface area contributed by atoms with Crippen molar-refractivity contribution in [3.63, 3.8) is 0 Å². The quantitative estimate of drug-likeness (QED) is 0.871. The monoisotopic (exact) mass is 234 g/mol. The van der Waals surface area contributed by atoms with Crippen LogP contribution < -0.4 is 9.47 Å². The molecule has 0 atom stereocenters. The van der Waals surface area contributed by atoms with Crippen molar-refractivity contribution in [3.8, 4) is 11.5 Å². The summed E-state index contributed by atoms with van der Waals surface area (Å²) >= 11 is 5.50. The van der Waals surface area contributed by atoms with Crippen LogP contribution in [0.15, 0.2) is 6.07 Å². The molecule has 1 N–H and O–H groups in total. The molecule has 15 heavy (non-hydrogen) atoms. The third-order valence-corrected chi connectivity index (χ3v) is 2.04. The van der Waals surface area contributed by atoms with Crippen LogP contribution in [0.4, 0.5) is 4.39 Å². The first-order valence-electron chi connectivity index (χ1n) is 3.86. The lowest BCUT2D eigenvalue weighted by Gasteiger charge is -2.11. The van der Waals surface area contributed by atoms with E-state index in [0.29, 0.717) is 0 Å². The van der Waals surface area contributed by atoms with E-state index < -0.39 is 11.8 Å². The minimum Gasteiger partial charge on any atom is -0.492 e. The molecule has 4 nitrogen and oxygen atoms in total. The van der Waals surface area contributed by atoms with Gasteiger partial charge in [0.05, 0.1) is 19.2 Å². The zero-order valence-corrected chi connectivity index (χ0v) is 8.76. The minimum atomic E-state index is -1.27. The molecule has 0 amide bonds. The largest absolute Gasteiger partial charge is 0.492 e. The number of aromatic carboxylic acids is 1. The molecule has 0 fully saturated rings. The smallest absolute Gasteiger partial charge is 0.339 e. The number of benzene rings is 1. The predicted molar refractivity (Wildman–Crippen MR) is 51.5 cm³/mol. The average Bonchev–Trinajstić information content (AvgIpc) is 2.20. The molecule has 0 aromatic heterocycles. The molecular weight excluding hydrogens is 227 g/mol. The SMILES string of the molecule is COc1c(C(=O)O)cc(Cl)c(F)c1OC. The molecule has 0 aliphatic heterocycles. The van der Waals surface area contributed by atoms with E-state index in [4.69, 9.17) is 26.2 Å². The van der Waals surface area contributed by atoms with Crippen molar-refractivity contribution in [1.29, 1.82) is 0 Å². The molecule has 1 aromatic rings. The van der Waals surface area contributed by atoms with E-state index in [1.54, 1.807) is 0 Å². The van der Waals surface area contributed by atoms with Crippen LogP contribution in [-0.2, 0) is 0 Å². The second-order valence-corrected chi connectivity index (χ2v) is 3.00. The van der Waals surface area contributed by atoms with Gasteiger partial charge in [0.15, 0.2) is 17.3 Å². The van der Waals surface area contributed by atoms with Crippen LogP contribution >= 0.6 is 11.6 Å². The Morgan fingerprint density at radius 1 is 1.40 bits per heavy atom. The Bertz CT molecular complexity index is 406. The van der Waals surface area contributed by atoms with E-state index in [9.17, 15) is 9.18 Å². The summed E-state index contributed by atoms with van der Waals surface area (Å²) in [5.74, 6) is -2.62. The highest BCUT2D eigenvalue weighted by Gasteiger charge is 2.22. The Kier molecular flexibility index (Phi) is 3.36. The summed E-state index contributed by atoms with van der Waals surface area (Å²) < 4.78 is 22.8. The van der Waals surface area contributed by atoms with E-state index >= 15 is 0 Å². The number of carboxylic acid groups (broad SMARTS) is 1. The molecule has 0 saturated heterocycles. The van der Waals surface area contributed by atoms with Crippen LogP contribution in [-0.4, -0.2) is 25.3 Å². The lowest BCUT2D eigenvalue weighted by atomic mass is 10.2. The van der Waals surface area contributed by atoms with Gasteiger partial charge in [-0.15, -0.1) is 0 Å². The van der Waals surface area contributed by atoms with Gasteiger partial charge in [-0.2, -0.15) is 0 Å². The van der Waals surface area contributed by atoms with E-state index in [2.05, 4.69) is 0 Å². The molecule has 82 valence electrons. The zero-order chi connectivity index (χ0) is 11.6. The van der Waals surface area contributed by atoms with Gasteiger partial charge in [0.25, 0.3) is 0 Å². The summed E-state index contributed by atoms with van der Waals surface area (Å²) in [6.45, 7) is 0. The number of hydrogen-bond acceptors (Lipinski definition) is 3. The summed E-state index contributed by atoms with van der Waals surface area (Å²) in [5, 5.41) is 8.49. The average molecular weight is 235 g/mol. The van der Waals surface area contributed by atoms with Crippen molar-refractivity contribution in [2.75, 3.05) is 14.2 Å². The van der Waals surface area contributed by atoms with Crippen molar-refractivity contribution in [3.05, 3.63) is 22.5 Å². The Hall–Kier alpha value is -1.49. The number of ether oxygens (including phenoxy) is 2. The van der Waals surface area contributed by atoms with Crippen molar-refractivity contribution in [2.45, 2.75) is 0 Å². The lowest BCUT2D eigenvalue weighted by Crippen LogP contribution is -2.04. The standard InChI is InChI=1S/C9H8ClFO4/c1-14-7-4(9(12)13)3-5(10)6(11)8(7)15-2/h3H,1-2H3,(H,12,13). The highest BCUT2D eigenvalue weighted by atomic mass is 35.5. The van der Waals surface area contributed by atoms with Gasteiger partial charge in [-0.25, -0.2) is 9.18 Å². The van der Waals surface area contributed by atoms with Gasteiger partial charge < -0.3 is 14.6 Å². The maximum atomic E-state index is 13.4. The fraction of sp³-hybridized carbons (Fsp3) is 0.222. The summed E-state index contributed by atoms with van der Waals surface area (Å²) in [6.07, 6.45) is 0. The Labute approximate surface area is 90.2 Å². The number of halogens is 2. The van der Waals surface area contributed by atoms with Crippen molar-refractivity contribution < 1.29 is 23.8 Å². The maximum Gasteiger partial charge on any atom is 0.339 e. The highest BCUT2D eigenvalue weighted by molar-refractivity contribution is 6.31. The van der Waals surface area contributed by atoms with Gasteiger partial charge in [0, 0.05) is 0 Å². The van der Waals surface area contributed by atoms with Gasteiger partial charge in [-0.05, 0) is 6.07 Å². The van der Waals surface area contributed by atoms with Gasteiger partial charge in [0.1, 0.15) is 5.56 Å². The zero-order valence-electron chi connectivity index (χ0n) is 8.01. The Morgan fingerprint density at radius 2 is 1.93 bits per heavy atom.